The van der Waals surface area contributed by atoms with Crippen molar-refractivity contribution in [2.75, 3.05) is 6.79 Å². The molecule has 1 rings (SSSR count). The van der Waals surface area contributed by atoms with Gasteiger partial charge in [-0.1, -0.05) is 30.3 Å². The van der Waals surface area contributed by atoms with Crippen molar-refractivity contribution in [1.29, 1.82) is 0 Å². The third kappa shape index (κ3) is 2.38. The van der Waals surface area contributed by atoms with Crippen LogP contribution in [0.2, 0.25) is 0 Å². The topological polar surface area (TPSA) is 63.6 Å². The number of carbonyl (C=O) groups is 2. The van der Waals surface area contributed by atoms with Crippen LogP contribution in [0.5, 0.6) is 0 Å². The number of ether oxygens (including phenoxy) is 1. The molecule has 0 aliphatic carbocycles. The number of hydrogen-bond acceptors (Lipinski definition) is 4. The van der Waals surface area contributed by atoms with E-state index in [1.165, 1.54) is 12.1 Å². The summed E-state index contributed by atoms with van der Waals surface area (Å²) in [5.74, 6) is -1.80. The number of aliphatic hydroxyl groups is 1. The molecule has 0 spiro atoms. The second-order valence-corrected chi connectivity index (χ2v) is 2.26. The van der Waals surface area contributed by atoms with Gasteiger partial charge in [0.2, 0.25) is 0 Å². The molecule has 1 aromatic rings. The fraction of sp³-hybridized carbons (Fsp3) is 0.111. The molecule has 68 valence electrons. The normalized spacial score (nSPS) is 9.31. The van der Waals surface area contributed by atoms with Gasteiger partial charge in [0.15, 0.2) is 6.79 Å². The predicted octanol–water partition coefficient (Wildman–Crippen LogP) is 0.362. The van der Waals surface area contributed by atoms with E-state index >= 15 is 0 Å². The Morgan fingerprint density at radius 2 is 1.85 bits per heavy atom. The van der Waals surface area contributed by atoms with Gasteiger partial charge in [0.25, 0.3) is 5.78 Å². The summed E-state index contributed by atoms with van der Waals surface area (Å²) in [7, 11) is 0. The molecule has 0 bridgehead atoms. The smallest absolute Gasteiger partial charge is 0.381 e. The summed E-state index contributed by atoms with van der Waals surface area (Å²) in [4.78, 5) is 22.0. The Balaban J connectivity index is 2.74. The first-order valence-electron chi connectivity index (χ1n) is 3.63. The van der Waals surface area contributed by atoms with Crippen LogP contribution in [-0.4, -0.2) is 23.7 Å². The lowest BCUT2D eigenvalue weighted by Gasteiger charge is -1.98. The molecule has 0 aromatic heterocycles. The highest BCUT2D eigenvalue weighted by atomic mass is 16.6. The van der Waals surface area contributed by atoms with E-state index in [0.29, 0.717) is 0 Å². The summed E-state index contributed by atoms with van der Waals surface area (Å²) in [6, 6.07) is 8.01. The third-order valence-corrected chi connectivity index (χ3v) is 1.42. The van der Waals surface area contributed by atoms with Crippen LogP contribution < -0.4 is 0 Å². The van der Waals surface area contributed by atoms with Gasteiger partial charge in [-0.3, -0.25) is 4.79 Å². The number of esters is 1. The van der Waals surface area contributed by atoms with Crippen LogP contribution in [-0.2, 0) is 9.53 Å². The van der Waals surface area contributed by atoms with Crippen molar-refractivity contribution in [2.45, 2.75) is 0 Å². The highest BCUT2D eigenvalue weighted by Crippen LogP contribution is 2.00. The van der Waals surface area contributed by atoms with E-state index in [2.05, 4.69) is 4.74 Å². The van der Waals surface area contributed by atoms with Gasteiger partial charge < -0.3 is 9.84 Å². The van der Waals surface area contributed by atoms with Crippen molar-refractivity contribution in [3.8, 4) is 0 Å². The van der Waals surface area contributed by atoms with Crippen molar-refractivity contribution < 1.29 is 19.4 Å². The van der Waals surface area contributed by atoms with Crippen molar-refractivity contribution in [3.63, 3.8) is 0 Å². The third-order valence-electron chi connectivity index (χ3n) is 1.42. The molecular formula is C9H8O4. The molecule has 0 saturated carbocycles. The van der Waals surface area contributed by atoms with Crippen LogP contribution in [0, 0.1) is 0 Å². The maximum absolute atomic E-state index is 11.1. The fourth-order valence-corrected chi connectivity index (χ4v) is 0.832. The van der Waals surface area contributed by atoms with Crippen molar-refractivity contribution in [3.05, 3.63) is 35.9 Å². The minimum absolute atomic E-state index is 0.251. The summed E-state index contributed by atoms with van der Waals surface area (Å²) in [6.07, 6.45) is 0. The second-order valence-electron chi connectivity index (χ2n) is 2.26. The van der Waals surface area contributed by atoms with Crippen molar-refractivity contribution >= 4 is 11.8 Å². The van der Waals surface area contributed by atoms with Gasteiger partial charge in [-0.25, -0.2) is 4.79 Å². The standard InChI is InChI=1S/C9H8O4/c10-6-13-9(12)8(11)7-4-2-1-3-5-7/h1-5,10H,6H2. The quantitative estimate of drug-likeness (QED) is 0.316. The molecular weight excluding hydrogens is 172 g/mol. The Morgan fingerprint density at radius 1 is 1.23 bits per heavy atom. The zero-order valence-corrected chi connectivity index (χ0v) is 6.77. The molecule has 0 radical (unpaired) electrons. The number of aliphatic hydroxyl groups excluding tert-OH is 1. The summed E-state index contributed by atoms with van der Waals surface area (Å²) in [6.45, 7) is -0.780. The minimum atomic E-state index is -1.05. The van der Waals surface area contributed by atoms with Gasteiger partial charge in [-0.2, -0.15) is 0 Å². The second kappa shape index (κ2) is 4.37. The first-order chi connectivity index (χ1) is 6.25. The molecule has 0 fully saturated rings. The maximum atomic E-state index is 11.1. The molecule has 0 saturated heterocycles. The van der Waals surface area contributed by atoms with E-state index < -0.39 is 18.5 Å². The Kier molecular flexibility index (Phi) is 3.16. The van der Waals surface area contributed by atoms with Crippen LogP contribution in [0.15, 0.2) is 30.3 Å². The predicted molar refractivity (Wildman–Crippen MR) is 44.0 cm³/mol. The number of carbonyl (C=O) groups excluding carboxylic acids is 2. The zero-order chi connectivity index (χ0) is 9.68. The van der Waals surface area contributed by atoms with E-state index in [9.17, 15) is 9.59 Å². The molecule has 13 heavy (non-hydrogen) atoms. The largest absolute Gasteiger partial charge is 0.433 e. The number of ketones is 1. The first kappa shape index (κ1) is 9.41. The molecule has 0 aliphatic heterocycles. The molecule has 0 atom stereocenters. The van der Waals surface area contributed by atoms with Crippen LogP contribution in [0.25, 0.3) is 0 Å². The van der Waals surface area contributed by atoms with Gasteiger partial charge in [0, 0.05) is 5.56 Å². The average Bonchev–Trinajstić information content (AvgIpc) is 2.18. The van der Waals surface area contributed by atoms with Gasteiger partial charge in [-0.05, 0) is 0 Å². The number of hydrogen-bond donors (Lipinski definition) is 1. The van der Waals surface area contributed by atoms with Crippen molar-refractivity contribution in [2.24, 2.45) is 0 Å². The van der Waals surface area contributed by atoms with E-state index in [4.69, 9.17) is 5.11 Å². The lowest BCUT2D eigenvalue weighted by atomic mass is 10.1. The Morgan fingerprint density at radius 3 is 2.38 bits per heavy atom. The van der Waals surface area contributed by atoms with Gasteiger partial charge in [0.05, 0.1) is 0 Å². The zero-order valence-electron chi connectivity index (χ0n) is 6.77. The SMILES string of the molecule is O=C(OCO)C(=O)c1ccccc1. The van der Waals surface area contributed by atoms with Crippen molar-refractivity contribution in [1.82, 2.24) is 0 Å². The molecule has 0 aliphatic rings. The van der Waals surface area contributed by atoms with Crippen LogP contribution in [0.1, 0.15) is 10.4 Å². The monoisotopic (exact) mass is 180 g/mol. The van der Waals surface area contributed by atoms with E-state index in [0.717, 1.165) is 0 Å². The molecule has 4 heteroatoms. The fourth-order valence-electron chi connectivity index (χ4n) is 0.832. The molecule has 4 nitrogen and oxygen atoms in total. The van der Waals surface area contributed by atoms with Gasteiger partial charge in [-0.15, -0.1) is 0 Å². The summed E-state index contributed by atoms with van der Waals surface area (Å²) in [5.41, 5.74) is 0.251. The van der Waals surface area contributed by atoms with Crippen LogP contribution in [0.4, 0.5) is 0 Å². The summed E-state index contributed by atoms with van der Waals surface area (Å²) < 4.78 is 4.13. The highest BCUT2D eigenvalue weighted by Gasteiger charge is 2.16. The van der Waals surface area contributed by atoms with Crippen LogP contribution in [0.3, 0.4) is 0 Å². The van der Waals surface area contributed by atoms with Gasteiger partial charge >= 0.3 is 5.97 Å². The molecule has 0 heterocycles. The van der Waals surface area contributed by atoms with Crippen LogP contribution >= 0.6 is 0 Å². The molecule has 0 amide bonds. The highest BCUT2D eigenvalue weighted by molar-refractivity contribution is 6.40. The minimum Gasteiger partial charge on any atom is -0.433 e. The lowest BCUT2D eigenvalue weighted by Crippen LogP contribution is -2.17. The number of rotatable bonds is 3. The Hall–Kier alpha value is -1.68. The molecule has 1 aromatic carbocycles. The van der Waals surface area contributed by atoms with E-state index in [1.807, 2.05) is 0 Å². The van der Waals surface area contributed by atoms with E-state index in [-0.39, 0.29) is 5.56 Å². The Bertz CT molecular complexity index is 305. The number of benzene rings is 1. The first-order valence-corrected chi connectivity index (χ1v) is 3.63. The Labute approximate surface area is 74.8 Å². The summed E-state index contributed by atoms with van der Waals surface area (Å²) in [5, 5.41) is 8.24. The average molecular weight is 180 g/mol. The summed E-state index contributed by atoms with van der Waals surface area (Å²) >= 11 is 0. The van der Waals surface area contributed by atoms with E-state index in [1.54, 1.807) is 18.2 Å². The maximum Gasteiger partial charge on any atom is 0.381 e. The molecule has 1 N–H and O–H groups in total. The molecule has 0 unspecified atom stereocenters. The lowest BCUT2D eigenvalue weighted by molar-refractivity contribution is -0.145. The number of Topliss-reactive ketones (excluding diaryl/α,β-unsaturated/α-hetero) is 1. The van der Waals surface area contributed by atoms with Gasteiger partial charge in [0.1, 0.15) is 0 Å².